The van der Waals surface area contributed by atoms with Crippen LogP contribution in [0.4, 0.5) is 0 Å². The first-order valence-corrected chi connectivity index (χ1v) is 15.1. The van der Waals surface area contributed by atoms with Gasteiger partial charge in [-0.25, -0.2) is 0 Å². The Balaban J connectivity index is 2.75. The van der Waals surface area contributed by atoms with Gasteiger partial charge in [-0.15, -0.1) is 0 Å². The largest absolute Gasteiger partial charge is 0.414 e. The van der Waals surface area contributed by atoms with Gasteiger partial charge in [0.1, 0.15) is 6.10 Å². The monoisotopic (exact) mass is 388 g/mol. The van der Waals surface area contributed by atoms with Crippen LogP contribution in [0.1, 0.15) is 41.5 Å². The third kappa shape index (κ3) is 6.01. The highest BCUT2D eigenvalue weighted by molar-refractivity contribution is 6.74. The van der Waals surface area contributed by atoms with Crippen molar-refractivity contribution in [1.82, 2.24) is 0 Å². The second kappa shape index (κ2) is 7.94. The minimum atomic E-state index is -1.80. The van der Waals surface area contributed by atoms with E-state index in [1.54, 1.807) is 7.11 Å². The van der Waals surface area contributed by atoms with Gasteiger partial charge in [-0.2, -0.15) is 0 Å². The molecule has 6 heteroatoms. The number of methoxy groups -OCH3 is 1. The first-order valence-electron chi connectivity index (χ1n) is 9.27. The van der Waals surface area contributed by atoms with E-state index in [1.807, 2.05) is 6.08 Å². The second-order valence-electron chi connectivity index (χ2n) is 10.1. The van der Waals surface area contributed by atoms with E-state index in [9.17, 15) is 0 Å². The normalized spacial score (nSPS) is 23.1. The highest BCUT2D eigenvalue weighted by atomic mass is 28.4. The molecule has 0 aliphatic carbocycles. The van der Waals surface area contributed by atoms with E-state index in [2.05, 4.69) is 67.7 Å². The van der Waals surface area contributed by atoms with Crippen molar-refractivity contribution in [3.8, 4) is 0 Å². The lowest BCUT2D eigenvalue weighted by atomic mass is 10.2. The molecule has 0 N–H and O–H groups in total. The lowest BCUT2D eigenvalue weighted by molar-refractivity contribution is -0.109. The van der Waals surface area contributed by atoms with Crippen molar-refractivity contribution >= 4 is 16.6 Å². The molecule has 0 spiro atoms. The Bertz CT molecular complexity index is 473. The third-order valence-corrected chi connectivity index (χ3v) is 15.1. The van der Waals surface area contributed by atoms with Gasteiger partial charge in [0.05, 0.1) is 13.2 Å². The van der Waals surface area contributed by atoms with Gasteiger partial charge in [-0.1, -0.05) is 41.5 Å². The molecule has 25 heavy (non-hydrogen) atoms. The summed E-state index contributed by atoms with van der Waals surface area (Å²) < 4.78 is 24.1. The zero-order valence-corrected chi connectivity index (χ0v) is 20.3. The molecule has 1 aliphatic heterocycles. The van der Waals surface area contributed by atoms with Crippen molar-refractivity contribution in [2.75, 3.05) is 20.3 Å². The van der Waals surface area contributed by atoms with E-state index in [1.165, 1.54) is 0 Å². The molecule has 1 rings (SSSR count). The average molecular weight is 389 g/mol. The summed E-state index contributed by atoms with van der Waals surface area (Å²) in [5, 5.41) is 0.384. The Labute approximate surface area is 157 Å². The summed E-state index contributed by atoms with van der Waals surface area (Å²) in [7, 11) is -1.93. The standard InChI is InChI=1S/C19H40O4Si2/c1-18(2,3)24(8,9)21-13-15-12-17(20-7)23-16(15)14-22-25(10,11)19(4,5)6/h12,16-17H,13-14H2,1-11H3/t16-,17+/m0/s1. The highest BCUT2D eigenvalue weighted by Crippen LogP contribution is 2.39. The molecule has 0 saturated heterocycles. The maximum atomic E-state index is 6.39. The molecule has 0 saturated carbocycles. The summed E-state index contributed by atoms with van der Waals surface area (Å²) in [6, 6.07) is 0. The van der Waals surface area contributed by atoms with Crippen molar-refractivity contribution in [2.24, 2.45) is 0 Å². The average Bonchev–Trinajstić information content (AvgIpc) is 2.83. The zero-order valence-electron chi connectivity index (χ0n) is 18.3. The Kier molecular flexibility index (Phi) is 7.33. The van der Waals surface area contributed by atoms with Crippen LogP contribution >= 0.6 is 0 Å². The topological polar surface area (TPSA) is 36.9 Å². The molecular weight excluding hydrogens is 348 g/mol. The first kappa shape index (κ1) is 23.1. The van der Waals surface area contributed by atoms with Crippen molar-refractivity contribution in [2.45, 2.75) is 90.2 Å². The van der Waals surface area contributed by atoms with Crippen molar-refractivity contribution in [3.63, 3.8) is 0 Å². The van der Waals surface area contributed by atoms with Crippen LogP contribution in [0.5, 0.6) is 0 Å². The molecular formula is C19H40O4Si2. The predicted molar refractivity (Wildman–Crippen MR) is 110 cm³/mol. The lowest BCUT2D eigenvalue weighted by Gasteiger charge is -2.38. The minimum Gasteiger partial charge on any atom is -0.414 e. The van der Waals surface area contributed by atoms with Gasteiger partial charge in [0.2, 0.25) is 0 Å². The summed E-state index contributed by atoms with van der Waals surface area (Å²) in [5.41, 5.74) is 1.15. The number of hydrogen-bond acceptors (Lipinski definition) is 4. The van der Waals surface area contributed by atoms with E-state index in [4.69, 9.17) is 18.3 Å². The number of ether oxygens (including phenoxy) is 2. The Morgan fingerprint density at radius 2 is 1.40 bits per heavy atom. The molecule has 1 heterocycles. The lowest BCUT2D eigenvalue weighted by Crippen LogP contribution is -2.44. The first-order chi connectivity index (χ1) is 11.1. The quantitative estimate of drug-likeness (QED) is 0.436. The smallest absolute Gasteiger partial charge is 0.192 e. The summed E-state index contributed by atoms with van der Waals surface area (Å²) >= 11 is 0. The molecule has 1 aliphatic rings. The van der Waals surface area contributed by atoms with Gasteiger partial charge < -0.3 is 18.3 Å². The molecule has 0 amide bonds. The van der Waals surface area contributed by atoms with E-state index in [-0.39, 0.29) is 22.5 Å². The molecule has 2 atom stereocenters. The van der Waals surface area contributed by atoms with E-state index in [0.29, 0.717) is 13.2 Å². The van der Waals surface area contributed by atoms with Crippen molar-refractivity contribution in [3.05, 3.63) is 11.6 Å². The maximum Gasteiger partial charge on any atom is 0.192 e. The fourth-order valence-electron chi connectivity index (χ4n) is 1.96. The molecule has 0 aromatic heterocycles. The Morgan fingerprint density at radius 1 is 0.920 bits per heavy atom. The fraction of sp³-hybridized carbons (Fsp3) is 0.895. The van der Waals surface area contributed by atoms with E-state index in [0.717, 1.165) is 5.57 Å². The molecule has 4 nitrogen and oxygen atoms in total. The van der Waals surface area contributed by atoms with Gasteiger partial charge in [-0.05, 0) is 47.9 Å². The summed E-state index contributed by atoms with van der Waals surface area (Å²) in [6.45, 7) is 23.8. The molecule has 0 aromatic rings. The summed E-state index contributed by atoms with van der Waals surface area (Å²) in [4.78, 5) is 0. The van der Waals surface area contributed by atoms with Crippen LogP contribution in [0, 0.1) is 0 Å². The van der Waals surface area contributed by atoms with Crippen LogP contribution in [-0.4, -0.2) is 49.4 Å². The molecule has 0 unspecified atom stereocenters. The van der Waals surface area contributed by atoms with Crippen molar-refractivity contribution < 1.29 is 18.3 Å². The van der Waals surface area contributed by atoms with Crippen LogP contribution in [0.25, 0.3) is 0 Å². The zero-order chi connectivity index (χ0) is 19.7. The molecule has 0 bridgehead atoms. The van der Waals surface area contributed by atoms with E-state index < -0.39 is 16.6 Å². The van der Waals surface area contributed by atoms with Crippen LogP contribution in [0.2, 0.25) is 36.3 Å². The van der Waals surface area contributed by atoms with Gasteiger partial charge >= 0.3 is 0 Å². The number of hydrogen-bond donors (Lipinski definition) is 0. The summed E-state index contributed by atoms with van der Waals surface area (Å²) in [5.74, 6) is 0. The predicted octanol–water partition coefficient (Wildman–Crippen LogP) is 5.33. The minimum absolute atomic E-state index is 0.0798. The molecule has 0 radical (unpaired) electrons. The van der Waals surface area contributed by atoms with Gasteiger partial charge in [-0.3, -0.25) is 0 Å². The van der Waals surface area contributed by atoms with E-state index >= 15 is 0 Å². The van der Waals surface area contributed by atoms with Crippen LogP contribution in [0.15, 0.2) is 11.6 Å². The van der Waals surface area contributed by atoms with Gasteiger partial charge in [0.15, 0.2) is 22.9 Å². The third-order valence-electron chi connectivity index (χ3n) is 6.10. The molecule has 0 fully saturated rings. The Hall–Kier alpha value is 0.0138. The Morgan fingerprint density at radius 3 is 1.84 bits per heavy atom. The van der Waals surface area contributed by atoms with Crippen LogP contribution in [-0.2, 0) is 18.3 Å². The SMILES string of the molecule is CO[C@H]1C=C(CO[Si](C)(C)C(C)(C)C)[C@H](CO[Si](C)(C)C(C)(C)C)O1. The van der Waals surface area contributed by atoms with Gasteiger partial charge in [0.25, 0.3) is 0 Å². The van der Waals surface area contributed by atoms with Gasteiger partial charge in [0, 0.05) is 7.11 Å². The fourth-order valence-corrected chi connectivity index (χ4v) is 3.92. The molecule has 148 valence electrons. The maximum absolute atomic E-state index is 6.39. The highest BCUT2D eigenvalue weighted by Gasteiger charge is 2.40. The number of rotatable bonds is 7. The molecule has 0 aromatic carbocycles. The van der Waals surface area contributed by atoms with Crippen molar-refractivity contribution in [1.29, 1.82) is 0 Å². The summed E-state index contributed by atoms with van der Waals surface area (Å²) in [6.07, 6.45) is 1.67. The van der Waals surface area contributed by atoms with Crippen LogP contribution < -0.4 is 0 Å². The van der Waals surface area contributed by atoms with Crippen LogP contribution in [0.3, 0.4) is 0 Å². The second-order valence-corrected chi connectivity index (χ2v) is 19.7.